The fourth-order valence-corrected chi connectivity index (χ4v) is 5.25. The standard InChI is InChI=1S/C28H32Cl2N4O4S/c1-5-12-37-26(35)24-17(4)31-27-32-28(39-13-6-2)33-34(27)25(24)18-9-11-22(23(14-18)36-7-3)38-16-19-8-10-20(29)15-21(19)30/h8-11,14-15,25H,5-7,12-13,16H2,1-4H3,(H,31,32,33). The number of esters is 1. The van der Waals surface area contributed by atoms with Crippen molar-refractivity contribution < 1.29 is 19.0 Å². The molecule has 0 radical (unpaired) electrons. The Morgan fingerprint density at radius 1 is 1.08 bits per heavy atom. The molecule has 1 N–H and O–H groups in total. The molecule has 2 heterocycles. The van der Waals surface area contributed by atoms with Gasteiger partial charge in [0.25, 0.3) is 0 Å². The average Bonchev–Trinajstić information content (AvgIpc) is 3.32. The number of benzene rings is 2. The Morgan fingerprint density at radius 2 is 1.90 bits per heavy atom. The summed E-state index contributed by atoms with van der Waals surface area (Å²) in [4.78, 5) is 17.9. The van der Waals surface area contributed by atoms with E-state index in [1.807, 2.05) is 45.0 Å². The zero-order valence-electron chi connectivity index (χ0n) is 22.4. The molecule has 208 valence electrons. The van der Waals surface area contributed by atoms with E-state index in [4.69, 9.17) is 42.5 Å². The van der Waals surface area contributed by atoms with Crippen molar-refractivity contribution in [3.63, 3.8) is 0 Å². The molecule has 0 saturated heterocycles. The van der Waals surface area contributed by atoms with Crippen LogP contribution in [-0.2, 0) is 16.1 Å². The van der Waals surface area contributed by atoms with Crippen molar-refractivity contribution in [1.82, 2.24) is 14.8 Å². The lowest BCUT2D eigenvalue weighted by Crippen LogP contribution is -2.29. The van der Waals surface area contributed by atoms with Gasteiger partial charge in [0.1, 0.15) is 12.6 Å². The number of fused-ring (bicyclic) bond motifs is 1. The third kappa shape index (κ3) is 6.83. The zero-order valence-corrected chi connectivity index (χ0v) is 24.8. The molecular formula is C28H32Cl2N4O4S. The van der Waals surface area contributed by atoms with Crippen LogP contribution in [0, 0.1) is 0 Å². The highest BCUT2D eigenvalue weighted by Crippen LogP contribution is 2.40. The van der Waals surface area contributed by atoms with E-state index in [0.717, 1.165) is 29.7 Å². The van der Waals surface area contributed by atoms with E-state index in [0.29, 0.717) is 57.1 Å². The minimum Gasteiger partial charge on any atom is -0.490 e. The van der Waals surface area contributed by atoms with E-state index >= 15 is 0 Å². The number of carbonyl (C=O) groups excluding carboxylic acids is 1. The third-order valence-corrected chi connectivity index (χ3v) is 7.54. The smallest absolute Gasteiger partial charge is 0.338 e. The summed E-state index contributed by atoms with van der Waals surface area (Å²) in [6.07, 6.45) is 1.72. The van der Waals surface area contributed by atoms with Gasteiger partial charge in [-0.15, -0.1) is 5.10 Å². The Labute approximate surface area is 243 Å². The quantitative estimate of drug-likeness (QED) is 0.173. The number of rotatable bonds is 12. The number of nitrogens with one attached hydrogen (secondary N) is 1. The van der Waals surface area contributed by atoms with Crippen molar-refractivity contribution in [3.05, 3.63) is 68.8 Å². The maximum atomic E-state index is 13.3. The lowest BCUT2D eigenvalue weighted by atomic mass is 9.95. The first-order valence-electron chi connectivity index (χ1n) is 12.9. The molecule has 0 spiro atoms. The summed E-state index contributed by atoms with van der Waals surface area (Å²) in [6.45, 7) is 8.82. The molecule has 8 nitrogen and oxygen atoms in total. The maximum Gasteiger partial charge on any atom is 0.338 e. The van der Waals surface area contributed by atoms with Crippen LogP contribution in [0.3, 0.4) is 0 Å². The second-order valence-corrected chi connectivity index (χ2v) is 10.8. The van der Waals surface area contributed by atoms with Gasteiger partial charge in [-0.1, -0.05) is 60.9 Å². The van der Waals surface area contributed by atoms with Gasteiger partial charge in [0.2, 0.25) is 11.1 Å². The van der Waals surface area contributed by atoms with Gasteiger partial charge in [-0.2, -0.15) is 4.98 Å². The second kappa shape index (κ2) is 13.5. The van der Waals surface area contributed by atoms with Crippen LogP contribution in [-0.4, -0.2) is 39.7 Å². The average molecular weight is 592 g/mol. The monoisotopic (exact) mass is 590 g/mol. The SMILES string of the molecule is CCCOC(=O)C1=C(C)Nc2nc(SCCC)nn2C1c1ccc(OCc2ccc(Cl)cc2Cl)c(OCC)c1. The summed E-state index contributed by atoms with van der Waals surface area (Å²) in [5, 5.41) is 9.72. The fourth-order valence-electron chi connectivity index (χ4n) is 4.11. The number of aromatic nitrogens is 3. The number of halogens is 2. The summed E-state index contributed by atoms with van der Waals surface area (Å²) < 4.78 is 19.4. The number of hydrogen-bond donors (Lipinski definition) is 1. The molecule has 1 atom stereocenters. The van der Waals surface area contributed by atoms with Crippen LogP contribution in [0.1, 0.15) is 57.7 Å². The third-order valence-electron chi connectivity index (χ3n) is 5.91. The summed E-state index contributed by atoms with van der Waals surface area (Å²) in [7, 11) is 0. The zero-order chi connectivity index (χ0) is 27.9. The Bertz CT molecular complexity index is 1360. The van der Waals surface area contributed by atoms with Gasteiger partial charge < -0.3 is 19.5 Å². The van der Waals surface area contributed by atoms with Crippen molar-refractivity contribution in [3.8, 4) is 11.5 Å². The van der Waals surface area contributed by atoms with E-state index < -0.39 is 12.0 Å². The molecule has 1 unspecified atom stereocenters. The van der Waals surface area contributed by atoms with E-state index in [2.05, 4.69) is 17.2 Å². The lowest BCUT2D eigenvalue weighted by molar-refractivity contribution is -0.139. The Kier molecular flexibility index (Phi) is 10.0. The molecule has 11 heteroatoms. The number of thioether (sulfide) groups is 1. The minimum atomic E-state index is -0.562. The van der Waals surface area contributed by atoms with Gasteiger partial charge in [0, 0.05) is 27.1 Å². The fraction of sp³-hybridized carbons (Fsp3) is 0.393. The van der Waals surface area contributed by atoms with Gasteiger partial charge in [-0.25, -0.2) is 9.48 Å². The van der Waals surface area contributed by atoms with E-state index in [1.165, 1.54) is 0 Å². The van der Waals surface area contributed by atoms with Gasteiger partial charge in [-0.05, 0) is 56.5 Å². The molecule has 1 aliphatic heterocycles. The van der Waals surface area contributed by atoms with Crippen LogP contribution in [0.2, 0.25) is 10.0 Å². The second-order valence-electron chi connectivity index (χ2n) is 8.88. The number of carbonyl (C=O) groups is 1. The van der Waals surface area contributed by atoms with Crippen LogP contribution in [0.4, 0.5) is 5.95 Å². The number of anilines is 1. The van der Waals surface area contributed by atoms with Gasteiger partial charge in [0.05, 0.1) is 18.8 Å². The normalized spacial score (nSPS) is 14.6. The van der Waals surface area contributed by atoms with Gasteiger partial charge in [-0.3, -0.25) is 0 Å². The molecule has 0 amide bonds. The molecular weight excluding hydrogens is 559 g/mol. The highest BCUT2D eigenvalue weighted by Gasteiger charge is 2.35. The Hall–Kier alpha value is -2.88. The van der Waals surface area contributed by atoms with Crippen molar-refractivity contribution in [1.29, 1.82) is 0 Å². The highest BCUT2D eigenvalue weighted by atomic mass is 35.5. The lowest BCUT2D eigenvalue weighted by Gasteiger charge is -2.28. The van der Waals surface area contributed by atoms with Crippen LogP contribution >= 0.6 is 35.0 Å². The molecule has 39 heavy (non-hydrogen) atoms. The topological polar surface area (TPSA) is 87.5 Å². The number of hydrogen-bond acceptors (Lipinski definition) is 8. The van der Waals surface area contributed by atoms with Crippen LogP contribution in [0.25, 0.3) is 0 Å². The predicted octanol–water partition coefficient (Wildman–Crippen LogP) is 7.31. The number of ether oxygens (including phenoxy) is 3. The molecule has 4 rings (SSSR count). The summed E-state index contributed by atoms with van der Waals surface area (Å²) >= 11 is 13.9. The summed E-state index contributed by atoms with van der Waals surface area (Å²) in [5.41, 5.74) is 2.73. The van der Waals surface area contributed by atoms with Crippen LogP contribution in [0.5, 0.6) is 11.5 Å². The summed E-state index contributed by atoms with van der Waals surface area (Å²) in [5.74, 6) is 2.16. The van der Waals surface area contributed by atoms with Crippen molar-refractivity contribution in [2.75, 3.05) is 24.3 Å². The Balaban J connectivity index is 1.72. The Morgan fingerprint density at radius 3 is 2.62 bits per heavy atom. The first-order valence-corrected chi connectivity index (χ1v) is 14.7. The molecule has 0 saturated carbocycles. The molecule has 1 aliphatic rings. The van der Waals surface area contributed by atoms with Crippen LogP contribution in [0.15, 0.2) is 52.8 Å². The molecule has 2 aromatic carbocycles. The molecule has 0 aliphatic carbocycles. The van der Waals surface area contributed by atoms with E-state index in [1.54, 1.807) is 28.6 Å². The van der Waals surface area contributed by atoms with Gasteiger partial charge >= 0.3 is 5.97 Å². The van der Waals surface area contributed by atoms with Crippen LogP contribution < -0.4 is 14.8 Å². The van der Waals surface area contributed by atoms with E-state index in [-0.39, 0.29) is 6.61 Å². The predicted molar refractivity (Wildman–Crippen MR) is 155 cm³/mol. The van der Waals surface area contributed by atoms with E-state index in [9.17, 15) is 4.79 Å². The summed E-state index contributed by atoms with van der Waals surface area (Å²) in [6, 6.07) is 10.3. The molecule has 1 aromatic heterocycles. The minimum absolute atomic E-state index is 0.238. The molecule has 0 fully saturated rings. The van der Waals surface area contributed by atoms with Crippen molar-refractivity contribution in [2.45, 2.75) is 58.3 Å². The van der Waals surface area contributed by atoms with Crippen molar-refractivity contribution >= 4 is 46.9 Å². The molecule has 3 aromatic rings. The number of nitrogens with zero attached hydrogens (tertiary/aromatic N) is 3. The molecule has 0 bridgehead atoms. The highest BCUT2D eigenvalue weighted by molar-refractivity contribution is 7.99. The first kappa shape index (κ1) is 29.1. The van der Waals surface area contributed by atoms with Gasteiger partial charge in [0.15, 0.2) is 11.5 Å². The largest absolute Gasteiger partial charge is 0.490 e. The number of allylic oxidation sites excluding steroid dienone is 1. The first-order chi connectivity index (χ1) is 18.9. The maximum absolute atomic E-state index is 13.3. The van der Waals surface area contributed by atoms with Crippen molar-refractivity contribution in [2.24, 2.45) is 0 Å².